The summed E-state index contributed by atoms with van der Waals surface area (Å²) in [6, 6.07) is 2.90. The average Bonchev–Trinajstić information content (AvgIpc) is 2.30. The van der Waals surface area contributed by atoms with E-state index in [0.29, 0.717) is 10.0 Å². The minimum absolute atomic E-state index is 0.0815. The maximum atomic E-state index is 12.1. The summed E-state index contributed by atoms with van der Waals surface area (Å²) < 4.78 is 28.8. The fraction of sp³-hybridized carbons (Fsp3) is 0.462. The Hall–Kier alpha value is -0.920. The monoisotopic (exact) mass is 363 g/mol. The summed E-state index contributed by atoms with van der Waals surface area (Å²) in [5.74, 6) is -0.547. The predicted molar refractivity (Wildman–Crippen MR) is 80.0 cm³/mol. The largest absolute Gasteiger partial charge is 0.459 e. The molecule has 0 radical (unpaired) electrons. The van der Waals surface area contributed by atoms with Crippen LogP contribution in [0.1, 0.15) is 42.6 Å². The highest BCUT2D eigenvalue weighted by Crippen LogP contribution is 2.25. The van der Waals surface area contributed by atoms with Gasteiger partial charge in [-0.15, -0.1) is 0 Å². The maximum Gasteiger partial charge on any atom is 0.338 e. The van der Waals surface area contributed by atoms with E-state index >= 15 is 0 Å². The molecule has 20 heavy (non-hydrogen) atoms. The molecule has 0 saturated heterocycles. The molecule has 0 fully saturated rings. The topological polar surface area (TPSA) is 86.5 Å². The number of rotatable bonds is 5. The van der Waals surface area contributed by atoms with Crippen LogP contribution in [-0.4, -0.2) is 20.5 Å². The molecule has 7 heteroatoms. The van der Waals surface area contributed by atoms with Crippen LogP contribution >= 0.6 is 15.9 Å². The number of sulfonamides is 1. The summed E-state index contributed by atoms with van der Waals surface area (Å²) in [7, 11) is -3.89. The van der Waals surface area contributed by atoms with E-state index in [1.165, 1.54) is 19.1 Å². The first-order valence-electron chi connectivity index (χ1n) is 6.20. The van der Waals surface area contributed by atoms with E-state index in [1.807, 2.05) is 6.92 Å². The number of benzene rings is 1. The van der Waals surface area contributed by atoms with Gasteiger partial charge in [0.15, 0.2) is 0 Å². The van der Waals surface area contributed by atoms with Gasteiger partial charge in [-0.3, -0.25) is 0 Å². The van der Waals surface area contributed by atoms with Crippen molar-refractivity contribution in [2.45, 2.75) is 44.6 Å². The molecule has 0 aliphatic rings. The number of carbonyl (C=O) groups excluding carboxylic acids is 1. The Kier molecular flexibility index (Phi) is 5.73. The quantitative estimate of drug-likeness (QED) is 0.814. The van der Waals surface area contributed by atoms with Crippen LogP contribution in [-0.2, 0) is 14.8 Å². The summed E-state index contributed by atoms with van der Waals surface area (Å²) in [5, 5.41) is 5.14. The molecule has 0 bridgehead atoms. The first-order chi connectivity index (χ1) is 9.16. The molecule has 5 nitrogen and oxygen atoms in total. The molecule has 0 amide bonds. The van der Waals surface area contributed by atoms with Gasteiger partial charge >= 0.3 is 5.97 Å². The lowest BCUT2D eigenvalue weighted by molar-refractivity contribution is 0.0322. The van der Waals surface area contributed by atoms with Gasteiger partial charge in [0, 0.05) is 4.47 Å². The summed E-state index contributed by atoms with van der Waals surface area (Å²) >= 11 is 3.18. The highest BCUT2D eigenvalue weighted by atomic mass is 79.9. The Morgan fingerprint density at radius 1 is 1.45 bits per heavy atom. The van der Waals surface area contributed by atoms with Crippen LogP contribution in [0.3, 0.4) is 0 Å². The van der Waals surface area contributed by atoms with Gasteiger partial charge in [0.1, 0.15) is 0 Å². The molecule has 1 aromatic carbocycles. The zero-order valence-electron chi connectivity index (χ0n) is 11.6. The number of ether oxygens (including phenoxy) is 1. The number of carbonyl (C=O) groups is 1. The molecule has 1 atom stereocenters. The second-order valence-corrected chi connectivity index (χ2v) is 7.07. The van der Waals surface area contributed by atoms with Crippen molar-refractivity contribution in [2.75, 3.05) is 0 Å². The molecular weight excluding hydrogens is 346 g/mol. The Morgan fingerprint density at radius 3 is 2.55 bits per heavy atom. The lowest BCUT2D eigenvalue weighted by Crippen LogP contribution is -2.19. The van der Waals surface area contributed by atoms with Gasteiger partial charge in [-0.1, -0.05) is 29.3 Å². The van der Waals surface area contributed by atoms with Gasteiger partial charge in [-0.25, -0.2) is 18.4 Å². The standard InChI is InChI=1S/C13H18BrNO4S/c1-4-5-8(2)19-13(16)11-6-10(14)7-12(9(11)3)20(15,17)18/h6-8H,4-5H2,1-3H3,(H2,15,17,18). The fourth-order valence-electron chi connectivity index (χ4n) is 1.87. The molecule has 0 aliphatic heterocycles. The molecule has 0 saturated carbocycles. The smallest absolute Gasteiger partial charge is 0.338 e. The van der Waals surface area contributed by atoms with E-state index in [2.05, 4.69) is 15.9 Å². The van der Waals surface area contributed by atoms with E-state index in [1.54, 1.807) is 6.92 Å². The molecule has 0 aromatic heterocycles. The van der Waals surface area contributed by atoms with Crippen molar-refractivity contribution in [1.29, 1.82) is 0 Å². The van der Waals surface area contributed by atoms with Crippen LogP contribution in [0.2, 0.25) is 0 Å². The minimum atomic E-state index is -3.89. The van der Waals surface area contributed by atoms with Gasteiger partial charge in [-0.2, -0.15) is 0 Å². The van der Waals surface area contributed by atoms with Crippen LogP contribution in [0.25, 0.3) is 0 Å². The van der Waals surface area contributed by atoms with Crippen molar-refractivity contribution < 1.29 is 17.9 Å². The molecule has 2 N–H and O–H groups in total. The lowest BCUT2D eigenvalue weighted by Gasteiger charge is -2.15. The highest BCUT2D eigenvalue weighted by Gasteiger charge is 2.21. The van der Waals surface area contributed by atoms with Gasteiger partial charge in [0.25, 0.3) is 0 Å². The van der Waals surface area contributed by atoms with Gasteiger partial charge in [-0.05, 0) is 38.0 Å². The first kappa shape index (κ1) is 17.1. The van der Waals surface area contributed by atoms with Crippen LogP contribution in [0.5, 0.6) is 0 Å². The van der Waals surface area contributed by atoms with Crippen molar-refractivity contribution in [2.24, 2.45) is 5.14 Å². The van der Waals surface area contributed by atoms with Gasteiger partial charge in [0.2, 0.25) is 10.0 Å². The van der Waals surface area contributed by atoms with Crippen molar-refractivity contribution in [3.8, 4) is 0 Å². The molecule has 1 unspecified atom stereocenters. The zero-order valence-corrected chi connectivity index (χ0v) is 14.0. The predicted octanol–water partition coefficient (Wildman–Crippen LogP) is 2.75. The number of hydrogen-bond acceptors (Lipinski definition) is 4. The Labute approximate surface area is 127 Å². The number of esters is 1. The van der Waals surface area contributed by atoms with Gasteiger partial charge in [0.05, 0.1) is 16.6 Å². The Morgan fingerprint density at radius 2 is 2.05 bits per heavy atom. The van der Waals surface area contributed by atoms with Crippen LogP contribution in [0, 0.1) is 6.92 Å². The van der Waals surface area contributed by atoms with E-state index in [4.69, 9.17) is 9.88 Å². The molecular formula is C13H18BrNO4S. The van der Waals surface area contributed by atoms with E-state index in [0.717, 1.165) is 12.8 Å². The van der Waals surface area contributed by atoms with Crippen LogP contribution in [0.4, 0.5) is 0 Å². The van der Waals surface area contributed by atoms with Crippen LogP contribution < -0.4 is 5.14 Å². The zero-order chi connectivity index (χ0) is 15.5. The summed E-state index contributed by atoms with van der Waals surface area (Å²) in [4.78, 5) is 12.0. The SMILES string of the molecule is CCCC(C)OC(=O)c1cc(Br)cc(S(N)(=O)=O)c1C. The van der Waals surface area contributed by atoms with E-state index < -0.39 is 16.0 Å². The number of primary sulfonamides is 1. The molecule has 112 valence electrons. The summed E-state index contributed by atoms with van der Waals surface area (Å²) in [6.07, 6.45) is 1.43. The Bertz CT molecular complexity index is 613. The van der Waals surface area contributed by atoms with Crippen molar-refractivity contribution >= 4 is 31.9 Å². The third-order valence-electron chi connectivity index (χ3n) is 2.85. The molecule has 1 rings (SSSR count). The van der Waals surface area contributed by atoms with Crippen molar-refractivity contribution in [3.63, 3.8) is 0 Å². The molecule has 1 aromatic rings. The average molecular weight is 364 g/mol. The minimum Gasteiger partial charge on any atom is -0.459 e. The maximum absolute atomic E-state index is 12.1. The van der Waals surface area contributed by atoms with Gasteiger partial charge < -0.3 is 4.74 Å². The second kappa shape index (κ2) is 6.69. The Balaban J connectivity index is 3.19. The summed E-state index contributed by atoms with van der Waals surface area (Å²) in [6.45, 7) is 5.33. The normalized spacial score (nSPS) is 13.1. The number of nitrogens with two attached hydrogens (primary N) is 1. The number of hydrogen-bond donors (Lipinski definition) is 1. The van der Waals surface area contributed by atoms with E-state index in [-0.39, 0.29) is 16.6 Å². The number of halogens is 1. The summed E-state index contributed by atoms with van der Waals surface area (Å²) in [5.41, 5.74) is 0.496. The lowest BCUT2D eigenvalue weighted by atomic mass is 10.1. The van der Waals surface area contributed by atoms with Crippen molar-refractivity contribution in [1.82, 2.24) is 0 Å². The molecule has 0 heterocycles. The molecule has 0 spiro atoms. The fourth-order valence-corrected chi connectivity index (χ4v) is 3.31. The van der Waals surface area contributed by atoms with Crippen LogP contribution in [0.15, 0.2) is 21.5 Å². The highest BCUT2D eigenvalue weighted by molar-refractivity contribution is 9.10. The van der Waals surface area contributed by atoms with E-state index in [9.17, 15) is 13.2 Å². The third kappa shape index (κ3) is 4.29. The molecule has 0 aliphatic carbocycles. The first-order valence-corrected chi connectivity index (χ1v) is 8.54. The third-order valence-corrected chi connectivity index (χ3v) is 4.35. The second-order valence-electron chi connectivity index (χ2n) is 4.63. The van der Waals surface area contributed by atoms with Crippen molar-refractivity contribution in [3.05, 3.63) is 27.7 Å².